The molecular weight excluding hydrogens is 221 g/mol. The molecule has 0 saturated heterocycles. The van der Waals surface area contributed by atoms with Gasteiger partial charge in [-0.3, -0.25) is 0 Å². The molecule has 2 N–H and O–H groups in total. The highest BCUT2D eigenvalue weighted by molar-refractivity contribution is 7.99. The molecule has 1 aromatic carbocycles. The highest BCUT2D eigenvalue weighted by Crippen LogP contribution is 2.31. The average Bonchev–Trinajstić information content (AvgIpc) is 2.78. The summed E-state index contributed by atoms with van der Waals surface area (Å²) in [6.45, 7) is 0.411. The SMILES string of the molecule is NCc1cc(F)cc(SCC2CCCC2)c1. The smallest absolute Gasteiger partial charge is 0.124 e. The predicted octanol–water partition coefficient (Wildman–Crippen LogP) is 3.57. The number of halogens is 1. The zero-order chi connectivity index (χ0) is 11.4. The molecule has 0 amide bonds. The van der Waals surface area contributed by atoms with Gasteiger partial charge < -0.3 is 5.73 Å². The number of nitrogens with two attached hydrogens (primary N) is 1. The predicted molar refractivity (Wildman–Crippen MR) is 67.0 cm³/mol. The Morgan fingerprint density at radius 1 is 1.25 bits per heavy atom. The molecule has 88 valence electrons. The third-order valence-corrected chi connectivity index (χ3v) is 4.33. The highest BCUT2D eigenvalue weighted by atomic mass is 32.2. The molecule has 3 heteroatoms. The number of hydrogen-bond acceptors (Lipinski definition) is 2. The monoisotopic (exact) mass is 239 g/mol. The van der Waals surface area contributed by atoms with Crippen molar-refractivity contribution in [2.45, 2.75) is 37.1 Å². The topological polar surface area (TPSA) is 26.0 Å². The molecule has 0 aromatic heterocycles. The Hall–Kier alpha value is -0.540. The summed E-state index contributed by atoms with van der Waals surface area (Å²) in [6.07, 6.45) is 5.41. The fourth-order valence-corrected chi connectivity index (χ4v) is 3.41. The van der Waals surface area contributed by atoms with Gasteiger partial charge in [0.05, 0.1) is 0 Å². The number of rotatable bonds is 4. The molecule has 2 rings (SSSR count). The van der Waals surface area contributed by atoms with Gasteiger partial charge in [-0.2, -0.15) is 0 Å². The summed E-state index contributed by atoms with van der Waals surface area (Å²) in [5.41, 5.74) is 6.41. The molecule has 0 unspecified atom stereocenters. The van der Waals surface area contributed by atoms with Gasteiger partial charge in [-0.05, 0) is 42.5 Å². The highest BCUT2D eigenvalue weighted by Gasteiger charge is 2.15. The lowest BCUT2D eigenvalue weighted by Crippen LogP contribution is -1.99. The summed E-state index contributed by atoms with van der Waals surface area (Å²) in [6, 6.07) is 5.13. The molecule has 1 fully saturated rings. The van der Waals surface area contributed by atoms with Crippen molar-refractivity contribution >= 4 is 11.8 Å². The van der Waals surface area contributed by atoms with Crippen LogP contribution in [0.25, 0.3) is 0 Å². The van der Waals surface area contributed by atoms with Crippen LogP contribution in [0.4, 0.5) is 4.39 Å². The van der Waals surface area contributed by atoms with E-state index in [2.05, 4.69) is 0 Å². The third kappa shape index (κ3) is 3.22. The van der Waals surface area contributed by atoms with Gasteiger partial charge in [0.15, 0.2) is 0 Å². The van der Waals surface area contributed by atoms with Gasteiger partial charge in [0.1, 0.15) is 5.82 Å². The summed E-state index contributed by atoms with van der Waals surface area (Å²) in [5, 5.41) is 0. The Labute approximate surface area is 101 Å². The van der Waals surface area contributed by atoms with E-state index in [4.69, 9.17) is 5.73 Å². The summed E-state index contributed by atoms with van der Waals surface area (Å²) in [7, 11) is 0. The average molecular weight is 239 g/mol. The Morgan fingerprint density at radius 3 is 2.69 bits per heavy atom. The molecule has 0 heterocycles. The Kier molecular flexibility index (Phi) is 4.24. The molecule has 16 heavy (non-hydrogen) atoms. The van der Waals surface area contributed by atoms with Gasteiger partial charge in [-0.25, -0.2) is 4.39 Å². The van der Waals surface area contributed by atoms with Gasteiger partial charge in [-0.15, -0.1) is 11.8 Å². The Morgan fingerprint density at radius 2 is 2.00 bits per heavy atom. The maximum Gasteiger partial charge on any atom is 0.124 e. The molecule has 1 aliphatic carbocycles. The number of benzene rings is 1. The van der Waals surface area contributed by atoms with Crippen molar-refractivity contribution in [3.05, 3.63) is 29.6 Å². The number of thioether (sulfide) groups is 1. The molecule has 0 radical (unpaired) electrons. The van der Waals surface area contributed by atoms with Crippen molar-refractivity contribution in [2.75, 3.05) is 5.75 Å². The van der Waals surface area contributed by atoms with E-state index in [1.807, 2.05) is 6.07 Å². The first-order valence-electron chi connectivity index (χ1n) is 5.90. The van der Waals surface area contributed by atoms with Crippen LogP contribution in [0.3, 0.4) is 0 Å². The van der Waals surface area contributed by atoms with E-state index < -0.39 is 0 Å². The summed E-state index contributed by atoms with van der Waals surface area (Å²) < 4.78 is 13.2. The van der Waals surface area contributed by atoms with E-state index in [0.29, 0.717) is 6.54 Å². The van der Waals surface area contributed by atoms with Crippen LogP contribution in [0.5, 0.6) is 0 Å². The van der Waals surface area contributed by atoms with Gasteiger partial charge in [0.2, 0.25) is 0 Å². The molecule has 1 saturated carbocycles. The lowest BCUT2D eigenvalue weighted by Gasteiger charge is -2.09. The van der Waals surface area contributed by atoms with Gasteiger partial charge >= 0.3 is 0 Å². The van der Waals surface area contributed by atoms with E-state index in [-0.39, 0.29) is 5.82 Å². The summed E-state index contributed by atoms with van der Waals surface area (Å²) in [5.74, 6) is 1.78. The molecular formula is C13H18FNS. The zero-order valence-corrected chi connectivity index (χ0v) is 10.2. The molecule has 0 aliphatic heterocycles. The van der Waals surface area contributed by atoms with E-state index in [1.54, 1.807) is 17.8 Å². The van der Waals surface area contributed by atoms with Crippen LogP contribution >= 0.6 is 11.8 Å². The molecule has 0 atom stereocenters. The van der Waals surface area contributed by atoms with Gasteiger partial charge in [-0.1, -0.05) is 12.8 Å². The van der Waals surface area contributed by atoms with E-state index in [9.17, 15) is 4.39 Å². The normalized spacial score (nSPS) is 16.9. The maximum absolute atomic E-state index is 13.2. The van der Waals surface area contributed by atoms with Crippen molar-refractivity contribution in [1.29, 1.82) is 0 Å². The first kappa shape index (κ1) is 11.9. The zero-order valence-electron chi connectivity index (χ0n) is 9.42. The second-order valence-electron chi connectivity index (χ2n) is 4.46. The number of hydrogen-bond donors (Lipinski definition) is 1. The van der Waals surface area contributed by atoms with Crippen molar-refractivity contribution in [3.8, 4) is 0 Å². The van der Waals surface area contributed by atoms with E-state index in [0.717, 1.165) is 22.1 Å². The molecule has 1 nitrogen and oxygen atoms in total. The lowest BCUT2D eigenvalue weighted by molar-refractivity contribution is 0.618. The fourth-order valence-electron chi connectivity index (χ4n) is 2.21. The molecule has 0 bridgehead atoms. The fraction of sp³-hybridized carbons (Fsp3) is 0.538. The summed E-state index contributed by atoms with van der Waals surface area (Å²) in [4.78, 5) is 1.02. The standard InChI is InChI=1S/C13H18FNS/c14-12-5-11(8-15)6-13(7-12)16-9-10-3-1-2-4-10/h5-7,10H,1-4,8-9,15H2. The minimum Gasteiger partial charge on any atom is -0.326 e. The van der Waals surface area contributed by atoms with Crippen LogP contribution in [-0.2, 0) is 6.54 Å². The third-order valence-electron chi connectivity index (χ3n) is 3.13. The van der Waals surface area contributed by atoms with Crippen molar-refractivity contribution in [2.24, 2.45) is 11.7 Å². The van der Waals surface area contributed by atoms with Crippen molar-refractivity contribution < 1.29 is 4.39 Å². The largest absolute Gasteiger partial charge is 0.326 e. The van der Waals surface area contributed by atoms with Crippen LogP contribution in [0.1, 0.15) is 31.2 Å². The first-order chi connectivity index (χ1) is 7.78. The van der Waals surface area contributed by atoms with Gasteiger partial charge in [0, 0.05) is 17.2 Å². The Balaban J connectivity index is 1.94. The van der Waals surface area contributed by atoms with Crippen LogP contribution in [0.2, 0.25) is 0 Å². The van der Waals surface area contributed by atoms with Crippen LogP contribution in [0.15, 0.2) is 23.1 Å². The molecule has 0 spiro atoms. The quantitative estimate of drug-likeness (QED) is 0.813. The lowest BCUT2D eigenvalue weighted by atomic mass is 10.1. The van der Waals surface area contributed by atoms with Crippen LogP contribution in [-0.4, -0.2) is 5.75 Å². The second kappa shape index (κ2) is 5.69. The second-order valence-corrected chi connectivity index (χ2v) is 5.55. The maximum atomic E-state index is 13.2. The van der Waals surface area contributed by atoms with Crippen LogP contribution in [0, 0.1) is 11.7 Å². The molecule has 1 aromatic rings. The summed E-state index contributed by atoms with van der Waals surface area (Å²) >= 11 is 1.77. The van der Waals surface area contributed by atoms with Crippen molar-refractivity contribution in [1.82, 2.24) is 0 Å². The minimum absolute atomic E-state index is 0.170. The van der Waals surface area contributed by atoms with E-state index in [1.165, 1.54) is 31.7 Å². The molecule has 1 aliphatic rings. The van der Waals surface area contributed by atoms with Crippen LogP contribution < -0.4 is 5.73 Å². The minimum atomic E-state index is -0.170. The van der Waals surface area contributed by atoms with Crippen molar-refractivity contribution in [3.63, 3.8) is 0 Å². The van der Waals surface area contributed by atoms with Gasteiger partial charge in [0.25, 0.3) is 0 Å². The van der Waals surface area contributed by atoms with E-state index >= 15 is 0 Å². The first-order valence-corrected chi connectivity index (χ1v) is 6.89. The Bertz CT molecular complexity index is 348.